The summed E-state index contributed by atoms with van der Waals surface area (Å²) in [4.78, 5) is 21.2. The summed E-state index contributed by atoms with van der Waals surface area (Å²) in [5, 5.41) is 32.0. The minimum absolute atomic E-state index is 0.00579. The maximum atomic E-state index is 11.8. The zero-order valence-corrected chi connectivity index (χ0v) is 24.6. The molecule has 9 nitrogen and oxygen atoms in total. The van der Waals surface area contributed by atoms with Crippen molar-refractivity contribution in [1.82, 2.24) is 9.88 Å². The summed E-state index contributed by atoms with van der Waals surface area (Å²) in [6.07, 6.45) is 1.77. The average molecular weight is 589 g/mol. The third-order valence-corrected chi connectivity index (χ3v) is 9.70. The van der Waals surface area contributed by atoms with Gasteiger partial charge in [-0.15, -0.1) is 11.3 Å². The van der Waals surface area contributed by atoms with E-state index in [0.717, 1.165) is 65.6 Å². The van der Waals surface area contributed by atoms with E-state index in [4.69, 9.17) is 14.5 Å². The standard InChI is InChI=1S/C32H36N4O5S/c1-20-2-7-29(41-18-24-4-3-21(11-25(24)12-33)13-35-8-9-40-26(16-35)17-37)27(10-20)28-19-42-32(34-28)36-14-22-5-6-23(15-36)30(22)31(38)39/h2-4,7,10-11,19,22-23,26,30,37H,5-6,8-9,13-18H2,1H3,(H,38,39)/t22-,23+,26?,30+. The van der Waals surface area contributed by atoms with Crippen LogP contribution in [0.3, 0.4) is 0 Å². The van der Waals surface area contributed by atoms with Crippen molar-refractivity contribution in [3.05, 3.63) is 64.0 Å². The second-order valence-corrected chi connectivity index (χ2v) is 12.5. The van der Waals surface area contributed by atoms with Crippen molar-refractivity contribution in [3.63, 3.8) is 0 Å². The van der Waals surface area contributed by atoms with E-state index in [9.17, 15) is 20.3 Å². The quantitative estimate of drug-likeness (QED) is 0.377. The van der Waals surface area contributed by atoms with E-state index in [1.807, 2.05) is 42.6 Å². The number of carboxylic acid groups (broad SMARTS) is 1. The molecule has 6 rings (SSSR count). The Morgan fingerprint density at radius 1 is 1.19 bits per heavy atom. The summed E-state index contributed by atoms with van der Waals surface area (Å²) < 4.78 is 11.9. The van der Waals surface area contributed by atoms with E-state index < -0.39 is 5.97 Å². The number of hydrogen-bond acceptors (Lipinski definition) is 9. The van der Waals surface area contributed by atoms with Crippen molar-refractivity contribution in [3.8, 4) is 23.1 Å². The molecular formula is C32H36N4O5S. The van der Waals surface area contributed by atoms with Gasteiger partial charge in [0.05, 0.1) is 42.6 Å². The van der Waals surface area contributed by atoms with Crippen LogP contribution in [0.4, 0.5) is 5.13 Å². The van der Waals surface area contributed by atoms with Crippen LogP contribution >= 0.6 is 11.3 Å². The Kier molecular flexibility index (Phi) is 8.45. The lowest BCUT2D eigenvalue weighted by Gasteiger charge is -2.35. The van der Waals surface area contributed by atoms with Gasteiger partial charge in [-0.1, -0.05) is 23.8 Å². The van der Waals surface area contributed by atoms with E-state index >= 15 is 0 Å². The van der Waals surface area contributed by atoms with Gasteiger partial charge in [0.2, 0.25) is 0 Å². The fraction of sp³-hybridized carbons (Fsp3) is 0.469. The number of nitriles is 1. The summed E-state index contributed by atoms with van der Waals surface area (Å²) in [6, 6.07) is 14.3. The van der Waals surface area contributed by atoms with E-state index in [-0.39, 0.29) is 37.1 Å². The van der Waals surface area contributed by atoms with E-state index in [2.05, 4.69) is 21.9 Å². The Morgan fingerprint density at radius 2 is 2.00 bits per heavy atom. The zero-order chi connectivity index (χ0) is 29.2. The number of anilines is 1. The first-order valence-corrected chi connectivity index (χ1v) is 15.4. The molecule has 2 saturated heterocycles. The third kappa shape index (κ3) is 6.01. The molecular weight excluding hydrogens is 552 g/mol. The molecule has 220 valence electrons. The summed E-state index contributed by atoms with van der Waals surface area (Å²) in [6.45, 7) is 6.51. The molecule has 42 heavy (non-hydrogen) atoms. The number of hydrogen-bond donors (Lipinski definition) is 2. The van der Waals surface area contributed by atoms with Gasteiger partial charge in [-0.2, -0.15) is 5.26 Å². The predicted molar refractivity (Wildman–Crippen MR) is 159 cm³/mol. The van der Waals surface area contributed by atoms with Gasteiger partial charge in [0.1, 0.15) is 12.4 Å². The Balaban J connectivity index is 1.15. The van der Waals surface area contributed by atoms with Gasteiger partial charge in [0.15, 0.2) is 5.13 Å². The van der Waals surface area contributed by atoms with E-state index in [1.165, 1.54) is 0 Å². The first kappa shape index (κ1) is 28.6. The van der Waals surface area contributed by atoms with Crippen LogP contribution in [0.15, 0.2) is 41.8 Å². The number of fused-ring (bicyclic) bond motifs is 2. The van der Waals surface area contributed by atoms with Crippen molar-refractivity contribution in [2.75, 3.05) is 44.3 Å². The first-order chi connectivity index (χ1) is 20.4. The molecule has 0 radical (unpaired) electrons. The van der Waals surface area contributed by atoms with Gasteiger partial charge in [-0.05, 0) is 55.4 Å². The molecule has 2 aromatic carbocycles. The normalized spacial score (nSPS) is 24.0. The minimum Gasteiger partial charge on any atom is -0.488 e. The number of aryl methyl sites for hydroxylation is 1. The Bertz CT molecular complexity index is 1470. The monoisotopic (exact) mass is 588 g/mol. The fourth-order valence-electron chi connectivity index (χ4n) is 6.69. The Hall–Kier alpha value is -3.49. The number of thiazole rings is 1. The van der Waals surface area contributed by atoms with Crippen LogP contribution in [0.5, 0.6) is 5.75 Å². The van der Waals surface area contributed by atoms with Crippen molar-refractivity contribution in [2.24, 2.45) is 17.8 Å². The molecule has 3 heterocycles. The Morgan fingerprint density at radius 3 is 2.74 bits per heavy atom. The first-order valence-electron chi connectivity index (χ1n) is 14.6. The third-order valence-electron chi connectivity index (χ3n) is 8.80. The molecule has 1 unspecified atom stereocenters. The molecule has 0 amide bonds. The number of aliphatic hydroxyl groups excluding tert-OH is 1. The summed E-state index contributed by atoms with van der Waals surface area (Å²) in [5.41, 5.74) is 5.29. The van der Waals surface area contributed by atoms with Crippen molar-refractivity contribution in [1.29, 1.82) is 5.26 Å². The highest BCUT2D eigenvalue weighted by Gasteiger charge is 2.46. The van der Waals surface area contributed by atoms with Crippen LogP contribution < -0.4 is 9.64 Å². The molecule has 1 aliphatic carbocycles. The van der Waals surface area contributed by atoms with Crippen molar-refractivity contribution < 1.29 is 24.5 Å². The molecule has 10 heteroatoms. The number of nitrogens with zero attached hydrogens (tertiary/aromatic N) is 4. The summed E-state index contributed by atoms with van der Waals surface area (Å²) in [7, 11) is 0. The molecule has 2 N–H and O–H groups in total. The number of benzene rings is 2. The number of carboxylic acids is 1. The zero-order valence-electron chi connectivity index (χ0n) is 23.7. The van der Waals surface area contributed by atoms with Crippen LogP contribution in [0.25, 0.3) is 11.3 Å². The van der Waals surface area contributed by atoms with Gasteiger partial charge in [0.25, 0.3) is 0 Å². The smallest absolute Gasteiger partial charge is 0.307 e. The topological polar surface area (TPSA) is 119 Å². The lowest BCUT2D eigenvalue weighted by molar-refractivity contribution is -0.144. The van der Waals surface area contributed by atoms with Gasteiger partial charge in [-0.25, -0.2) is 4.98 Å². The summed E-state index contributed by atoms with van der Waals surface area (Å²) in [5.74, 6) is 0.171. The lowest BCUT2D eigenvalue weighted by atomic mass is 9.85. The van der Waals surface area contributed by atoms with E-state index in [0.29, 0.717) is 31.0 Å². The SMILES string of the molecule is Cc1ccc(OCc2ccc(CN3CCOC(CO)C3)cc2C#N)c(-c2csc(N3C[C@H]4CC[C@@H](C3)[C@H]4C(=O)O)n2)c1. The molecule has 1 saturated carbocycles. The van der Waals surface area contributed by atoms with Gasteiger partial charge in [0, 0.05) is 49.2 Å². The molecule has 2 bridgehead atoms. The molecule has 4 atom stereocenters. The van der Waals surface area contributed by atoms with Crippen molar-refractivity contribution >= 4 is 22.4 Å². The van der Waals surface area contributed by atoms with Crippen molar-refractivity contribution in [2.45, 2.75) is 39.0 Å². The number of piperidine rings is 1. The number of aliphatic hydroxyl groups is 1. The number of aliphatic carboxylic acids is 1. The largest absolute Gasteiger partial charge is 0.488 e. The number of ether oxygens (including phenoxy) is 2. The highest BCUT2D eigenvalue weighted by atomic mass is 32.1. The lowest BCUT2D eigenvalue weighted by Crippen LogP contribution is -2.44. The van der Waals surface area contributed by atoms with Crippen LogP contribution in [-0.4, -0.2) is 71.6 Å². The molecule has 1 aromatic heterocycles. The molecule has 0 spiro atoms. The van der Waals surface area contributed by atoms with Gasteiger partial charge in [-0.3, -0.25) is 9.69 Å². The number of rotatable bonds is 9. The van der Waals surface area contributed by atoms with Crippen LogP contribution in [0, 0.1) is 36.0 Å². The minimum atomic E-state index is -0.661. The number of morpholine rings is 1. The fourth-order valence-corrected chi connectivity index (χ4v) is 7.53. The summed E-state index contributed by atoms with van der Waals surface area (Å²) >= 11 is 1.59. The Labute approximate surface area is 249 Å². The highest BCUT2D eigenvalue weighted by Crippen LogP contribution is 2.44. The molecule has 3 aromatic rings. The van der Waals surface area contributed by atoms with Gasteiger partial charge < -0.3 is 24.6 Å². The van der Waals surface area contributed by atoms with Gasteiger partial charge >= 0.3 is 5.97 Å². The van der Waals surface area contributed by atoms with Crippen LogP contribution in [-0.2, 0) is 22.7 Å². The highest BCUT2D eigenvalue weighted by molar-refractivity contribution is 7.14. The second kappa shape index (κ2) is 12.4. The predicted octanol–water partition coefficient (Wildman–Crippen LogP) is 4.31. The number of carbonyl (C=O) groups is 1. The van der Waals surface area contributed by atoms with E-state index in [1.54, 1.807) is 11.3 Å². The maximum Gasteiger partial charge on any atom is 0.307 e. The van der Waals surface area contributed by atoms with Crippen LogP contribution in [0.2, 0.25) is 0 Å². The maximum absolute atomic E-state index is 11.8. The second-order valence-electron chi connectivity index (χ2n) is 11.7. The average Bonchev–Trinajstić information content (AvgIpc) is 3.59. The van der Waals surface area contributed by atoms with Crippen LogP contribution in [0.1, 0.15) is 35.1 Å². The molecule has 3 fully saturated rings. The number of aromatic nitrogens is 1. The molecule has 2 aliphatic heterocycles. The molecule has 3 aliphatic rings.